The number of pyridine rings is 1. The maximum atomic E-state index is 13.4. The lowest BCUT2D eigenvalue weighted by molar-refractivity contribution is -0.131. The van der Waals surface area contributed by atoms with Crippen molar-refractivity contribution in [1.82, 2.24) is 9.88 Å². The van der Waals surface area contributed by atoms with Gasteiger partial charge in [0.2, 0.25) is 11.8 Å². The van der Waals surface area contributed by atoms with E-state index >= 15 is 0 Å². The Balaban J connectivity index is 1.93. The highest BCUT2D eigenvalue weighted by Gasteiger charge is 2.43. The summed E-state index contributed by atoms with van der Waals surface area (Å²) in [6.07, 6.45) is 2.22. The molecule has 1 aliphatic heterocycles. The molecule has 0 atom stereocenters. The van der Waals surface area contributed by atoms with Gasteiger partial charge in [0.1, 0.15) is 5.69 Å². The number of carbonyl (C=O) groups excluding carboxylic acids is 2. The Labute approximate surface area is 171 Å². The molecule has 2 heterocycles. The van der Waals surface area contributed by atoms with E-state index in [0.29, 0.717) is 36.1 Å². The van der Waals surface area contributed by atoms with Crippen LogP contribution in [0.5, 0.6) is 0 Å². The van der Waals surface area contributed by atoms with Crippen LogP contribution in [0.4, 0.5) is 5.69 Å². The van der Waals surface area contributed by atoms with Gasteiger partial charge in [-0.05, 0) is 53.4 Å². The third kappa shape index (κ3) is 3.80. The molecule has 6 nitrogen and oxygen atoms in total. The second-order valence-corrected chi connectivity index (χ2v) is 7.77. The maximum Gasteiger partial charge on any atom is 0.271 e. The summed E-state index contributed by atoms with van der Waals surface area (Å²) >= 11 is 3.38. The lowest BCUT2D eigenvalue weighted by Crippen LogP contribution is -2.51. The topological polar surface area (TPSA) is 82.3 Å². The Morgan fingerprint density at radius 3 is 2.50 bits per heavy atom. The minimum absolute atomic E-state index is 0.138. The van der Waals surface area contributed by atoms with E-state index in [1.54, 1.807) is 17.9 Å². The molecule has 0 spiro atoms. The average Bonchev–Trinajstić information content (AvgIpc) is 2.72. The first-order chi connectivity index (χ1) is 13.4. The van der Waals surface area contributed by atoms with Gasteiger partial charge in [-0.1, -0.05) is 36.9 Å². The fourth-order valence-corrected chi connectivity index (χ4v) is 3.90. The highest BCUT2D eigenvalue weighted by molar-refractivity contribution is 9.10. The number of aryl methyl sites for hydroxylation is 1. The van der Waals surface area contributed by atoms with Crippen LogP contribution < -0.4 is 10.9 Å². The SMILES string of the molecule is C=CC(=O)N1CCC(C(=O)Nc2cc(Br)c(C)[nH]c2=O)(c2ccccc2)CC1. The summed E-state index contributed by atoms with van der Waals surface area (Å²) in [6, 6.07) is 11.1. The van der Waals surface area contributed by atoms with Gasteiger partial charge in [0.15, 0.2) is 0 Å². The molecule has 0 radical (unpaired) electrons. The Bertz CT molecular complexity index is 961. The van der Waals surface area contributed by atoms with Crippen molar-refractivity contribution in [2.24, 2.45) is 0 Å². The first-order valence-corrected chi connectivity index (χ1v) is 9.84. The van der Waals surface area contributed by atoms with Gasteiger partial charge in [0, 0.05) is 23.3 Å². The number of benzene rings is 1. The number of aromatic amines is 1. The van der Waals surface area contributed by atoms with E-state index in [1.807, 2.05) is 30.3 Å². The van der Waals surface area contributed by atoms with Crippen molar-refractivity contribution in [2.45, 2.75) is 25.2 Å². The molecule has 1 saturated heterocycles. The Kier molecular flexibility index (Phi) is 5.84. The second-order valence-electron chi connectivity index (χ2n) is 6.92. The van der Waals surface area contributed by atoms with E-state index in [0.717, 1.165) is 5.56 Å². The molecular formula is C21H22BrN3O3. The van der Waals surface area contributed by atoms with Crippen molar-refractivity contribution >= 4 is 33.4 Å². The van der Waals surface area contributed by atoms with Crippen LogP contribution in [0.15, 0.2) is 58.3 Å². The number of nitrogens with zero attached hydrogens (tertiary/aromatic N) is 1. The number of carbonyl (C=O) groups is 2. The zero-order valence-electron chi connectivity index (χ0n) is 15.6. The lowest BCUT2D eigenvalue weighted by Gasteiger charge is -2.40. The molecule has 0 saturated carbocycles. The molecule has 1 fully saturated rings. The van der Waals surface area contributed by atoms with Crippen LogP contribution in [0.1, 0.15) is 24.1 Å². The van der Waals surface area contributed by atoms with Gasteiger partial charge in [-0.2, -0.15) is 0 Å². The van der Waals surface area contributed by atoms with Gasteiger partial charge in [-0.3, -0.25) is 14.4 Å². The molecule has 7 heteroatoms. The van der Waals surface area contributed by atoms with Gasteiger partial charge in [0.25, 0.3) is 5.56 Å². The van der Waals surface area contributed by atoms with Crippen molar-refractivity contribution < 1.29 is 9.59 Å². The van der Waals surface area contributed by atoms with Crippen molar-refractivity contribution in [3.63, 3.8) is 0 Å². The molecule has 0 bridgehead atoms. The van der Waals surface area contributed by atoms with E-state index in [4.69, 9.17) is 0 Å². The number of aromatic nitrogens is 1. The lowest BCUT2D eigenvalue weighted by atomic mass is 9.72. The smallest absolute Gasteiger partial charge is 0.271 e. The standard InChI is InChI=1S/C21H22BrN3O3/c1-3-18(26)25-11-9-21(10-12-25,15-7-5-4-6-8-15)20(28)24-17-13-16(22)14(2)23-19(17)27/h3-8,13H,1,9-12H2,2H3,(H,23,27)(H,24,28). The molecule has 3 rings (SSSR count). The predicted octanol–water partition coefficient (Wildman–Crippen LogP) is 3.13. The van der Waals surface area contributed by atoms with E-state index in [2.05, 4.69) is 32.8 Å². The monoisotopic (exact) mass is 443 g/mol. The predicted molar refractivity (Wildman–Crippen MR) is 112 cm³/mol. The first kappa shape index (κ1) is 20.1. The highest BCUT2D eigenvalue weighted by Crippen LogP contribution is 2.37. The van der Waals surface area contributed by atoms with Crippen molar-refractivity contribution in [1.29, 1.82) is 0 Å². The van der Waals surface area contributed by atoms with E-state index in [1.165, 1.54) is 6.08 Å². The third-order valence-electron chi connectivity index (χ3n) is 5.29. The fourth-order valence-electron chi connectivity index (χ4n) is 3.57. The average molecular weight is 444 g/mol. The number of rotatable bonds is 4. The van der Waals surface area contributed by atoms with Crippen molar-refractivity contribution in [2.75, 3.05) is 18.4 Å². The van der Waals surface area contributed by atoms with E-state index in [9.17, 15) is 14.4 Å². The van der Waals surface area contributed by atoms with Crippen LogP contribution in [-0.2, 0) is 15.0 Å². The quantitative estimate of drug-likeness (QED) is 0.711. The van der Waals surface area contributed by atoms with Gasteiger partial charge in [0.05, 0.1) is 5.41 Å². The number of hydrogen-bond acceptors (Lipinski definition) is 3. The minimum atomic E-state index is -0.816. The highest BCUT2D eigenvalue weighted by atomic mass is 79.9. The number of anilines is 1. The number of likely N-dealkylation sites (tertiary alicyclic amines) is 1. The maximum absolute atomic E-state index is 13.4. The summed E-state index contributed by atoms with van der Waals surface area (Å²) in [7, 11) is 0. The molecular weight excluding hydrogens is 422 g/mol. The zero-order valence-corrected chi connectivity index (χ0v) is 17.2. The van der Waals surface area contributed by atoms with Crippen molar-refractivity contribution in [3.8, 4) is 0 Å². The molecule has 0 aliphatic carbocycles. The van der Waals surface area contributed by atoms with Crippen molar-refractivity contribution in [3.05, 3.63) is 75.1 Å². The number of amides is 2. The molecule has 1 aliphatic rings. The van der Waals surface area contributed by atoms with Gasteiger partial charge in [-0.25, -0.2) is 0 Å². The minimum Gasteiger partial charge on any atom is -0.339 e. The summed E-state index contributed by atoms with van der Waals surface area (Å²) in [5, 5.41) is 2.81. The van der Waals surface area contributed by atoms with Crippen LogP contribution in [0, 0.1) is 6.92 Å². The number of piperidine rings is 1. The molecule has 2 amide bonds. The third-order valence-corrected chi connectivity index (χ3v) is 6.11. The molecule has 146 valence electrons. The Hall–Kier alpha value is -2.67. The number of nitrogens with one attached hydrogen (secondary N) is 2. The summed E-state index contributed by atoms with van der Waals surface area (Å²) in [5.74, 6) is -0.383. The molecule has 28 heavy (non-hydrogen) atoms. The summed E-state index contributed by atoms with van der Waals surface area (Å²) < 4.78 is 0.711. The van der Waals surface area contributed by atoms with Gasteiger partial charge < -0.3 is 15.2 Å². The fraction of sp³-hybridized carbons (Fsp3) is 0.286. The largest absolute Gasteiger partial charge is 0.339 e. The number of halogens is 1. The number of hydrogen-bond donors (Lipinski definition) is 2. The van der Waals surface area contributed by atoms with Gasteiger partial charge in [-0.15, -0.1) is 0 Å². The zero-order chi connectivity index (χ0) is 20.3. The Morgan fingerprint density at radius 2 is 1.89 bits per heavy atom. The molecule has 2 N–H and O–H groups in total. The Morgan fingerprint density at radius 1 is 1.25 bits per heavy atom. The normalized spacial score (nSPS) is 15.7. The molecule has 2 aromatic rings. The first-order valence-electron chi connectivity index (χ1n) is 9.05. The van der Waals surface area contributed by atoms with E-state index < -0.39 is 5.41 Å². The molecule has 1 aromatic heterocycles. The summed E-state index contributed by atoms with van der Waals surface area (Å²) in [4.78, 5) is 42.0. The van der Waals surface area contributed by atoms with Crippen LogP contribution in [0.3, 0.4) is 0 Å². The molecule has 1 aromatic carbocycles. The van der Waals surface area contributed by atoms with Gasteiger partial charge >= 0.3 is 0 Å². The summed E-state index contributed by atoms with van der Waals surface area (Å²) in [5.41, 5.74) is 0.597. The number of H-pyrrole nitrogens is 1. The van der Waals surface area contributed by atoms with Crippen LogP contribution in [-0.4, -0.2) is 34.8 Å². The van der Waals surface area contributed by atoms with Crippen LogP contribution >= 0.6 is 15.9 Å². The van der Waals surface area contributed by atoms with Crippen LogP contribution in [0.25, 0.3) is 0 Å². The van der Waals surface area contributed by atoms with E-state index in [-0.39, 0.29) is 23.1 Å². The second kappa shape index (κ2) is 8.14. The summed E-state index contributed by atoms with van der Waals surface area (Å²) in [6.45, 7) is 6.20. The molecule has 0 unspecified atom stereocenters. The van der Waals surface area contributed by atoms with Crippen LogP contribution in [0.2, 0.25) is 0 Å².